The lowest BCUT2D eigenvalue weighted by molar-refractivity contribution is 0.673. The fraction of sp³-hybridized carbons (Fsp3) is 0.0323. The number of thiophene rings is 1. The molecule has 7 aromatic rings. The van der Waals surface area contributed by atoms with Gasteiger partial charge < -0.3 is 9.32 Å². The molecule has 0 spiro atoms. The van der Waals surface area contributed by atoms with Crippen molar-refractivity contribution in [1.29, 1.82) is 0 Å². The van der Waals surface area contributed by atoms with Crippen LogP contribution in [0.2, 0.25) is 0 Å². The smallest absolute Gasteiger partial charge is 0.144 e. The highest BCUT2D eigenvalue weighted by Crippen LogP contribution is 2.43. The van der Waals surface area contributed by atoms with Gasteiger partial charge in [0, 0.05) is 54.1 Å². The summed E-state index contributed by atoms with van der Waals surface area (Å²) in [4.78, 5) is 2.30. The summed E-state index contributed by atoms with van der Waals surface area (Å²) < 4.78 is 9.16. The average Bonchev–Trinajstić information content (AvgIpc) is 3.43. The van der Waals surface area contributed by atoms with Gasteiger partial charge in [0.15, 0.2) is 0 Å². The first kappa shape index (κ1) is 19.4. The summed E-state index contributed by atoms with van der Waals surface area (Å²) in [5, 5.41) is 4.79. The number of furan rings is 1. The molecule has 0 saturated carbocycles. The van der Waals surface area contributed by atoms with Crippen molar-refractivity contribution in [2.45, 2.75) is 6.92 Å². The van der Waals surface area contributed by atoms with Gasteiger partial charge in [-0.05, 0) is 61.0 Å². The monoisotopic (exact) mass is 455 g/mol. The molecule has 0 unspecified atom stereocenters. The van der Waals surface area contributed by atoms with Crippen molar-refractivity contribution in [1.82, 2.24) is 0 Å². The van der Waals surface area contributed by atoms with Gasteiger partial charge in [-0.25, -0.2) is 0 Å². The van der Waals surface area contributed by atoms with E-state index in [0.29, 0.717) is 0 Å². The van der Waals surface area contributed by atoms with Crippen LogP contribution in [0.15, 0.2) is 114 Å². The molecule has 0 atom stereocenters. The third-order valence-electron chi connectivity index (χ3n) is 6.59. The molecule has 2 heterocycles. The predicted molar refractivity (Wildman–Crippen MR) is 146 cm³/mol. The molecule has 0 fully saturated rings. The number of anilines is 3. The molecule has 5 aromatic carbocycles. The Balaban J connectivity index is 1.49. The SMILES string of the molecule is Cc1ccccc1N(c1ccccc1)c1ccc2c(c1)oc1c2ccc2sc3ccccc3c21. The predicted octanol–water partition coefficient (Wildman–Crippen LogP) is 9.73. The van der Waals surface area contributed by atoms with E-state index >= 15 is 0 Å². The van der Waals surface area contributed by atoms with Gasteiger partial charge in [-0.2, -0.15) is 0 Å². The molecule has 0 aliphatic heterocycles. The Hall–Kier alpha value is -4.08. The minimum absolute atomic E-state index is 0.907. The van der Waals surface area contributed by atoms with Crippen LogP contribution < -0.4 is 4.90 Å². The van der Waals surface area contributed by atoms with Gasteiger partial charge in [0.25, 0.3) is 0 Å². The van der Waals surface area contributed by atoms with E-state index in [2.05, 4.69) is 121 Å². The molecule has 2 aromatic heterocycles. The Morgan fingerprint density at radius 3 is 2.26 bits per heavy atom. The Morgan fingerprint density at radius 1 is 0.618 bits per heavy atom. The Bertz CT molecular complexity index is 1830. The van der Waals surface area contributed by atoms with Crippen molar-refractivity contribution in [2.75, 3.05) is 4.90 Å². The number of hydrogen-bond donors (Lipinski definition) is 0. The summed E-state index contributed by atoms with van der Waals surface area (Å²) in [6.07, 6.45) is 0. The molecule has 0 saturated heterocycles. The lowest BCUT2D eigenvalue weighted by Gasteiger charge is -2.26. The zero-order chi connectivity index (χ0) is 22.6. The van der Waals surface area contributed by atoms with Gasteiger partial charge in [0.05, 0.1) is 0 Å². The highest BCUT2D eigenvalue weighted by Gasteiger charge is 2.18. The van der Waals surface area contributed by atoms with Crippen molar-refractivity contribution in [3.05, 3.63) is 115 Å². The van der Waals surface area contributed by atoms with E-state index in [1.165, 1.54) is 31.1 Å². The van der Waals surface area contributed by atoms with Crippen molar-refractivity contribution in [3.8, 4) is 0 Å². The largest absolute Gasteiger partial charge is 0.455 e. The van der Waals surface area contributed by atoms with Gasteiger partial charge in [-0.1, -0.05) is 54.6 Å². The van der Waals surface area contributed by atoms with Crippen LogP contribution in [0.4, 0.5) is 17.1 Å². The number of rotatable bonds is 3. The first-order chi connectivity index (χ1) is 16.8. The zero-order valence-corrected chi connectivity index (χ0v) is 19.5. The van der Waals surface area contributed by atoms with E-state index in [1.807, 2.05) is 11.3 Å². The van der Waals surface area contributed by atoms with Gasteiger partial charge in [0.2, 0.25) is 0 Å². The van der Waals surface area contributed by atoms with E-state index in [0.717, 1.165) is 33.6 Å². The van der Waals surface area contributed by atoms with Crippen LogP contribution in [0.1, 0.15) is 5.56 Å². The third-order valence-corrected chi connectivity index (χ3v) is 7.73. The van der Waals surface area contributed by atoms with Crippen LogP contribution in [-0.4, -0.2) is 0 Å². The summed E-state index contributed by atoms with van der Waals surface area (Å²) in [5.74, 6) is 0. The number of benzene rings is 5. The highest BCUT2D eigenvalue weighted by atomic mass is 32.1. The molecule has 0 aliphatic carbocycles. The summed E-state index contributed by atoms with van der Waals surface area (Å²) in [6.45, 7) is 2.16. The number of para-hydroxylation sites is 2. The van der Waals surface area contributed by atoms with Gasteiger partial charge in [0.1, 0.15) is 11.2 Å². The fourth-order valence-corrected chi connectivity index (χ4v) is 6.09. The van der Waals surface area contributed by atoms with Crippen LogP contribution in [0, 0.1) is 6.92 Å². The molecular weight excluding hydrogens is 434 g/mol. The van der Waals surface area contributed by atoms with E-state index in [4.69, 9.17) is 4.42 Å². The third kappa shape index (κ3) is 2.87. The maximum Gasteiger partial charge on any atom is 0.144 e. The van der Waals surface area contributed by atoms with Crippen molar-refractivity contribution < 1.29 is 4.42 Å². The Kier molecular flexibility index (Phi) is 4.26. The van der Waals surface area contributed by atoms with Crippen LogP contribution in [-0.2, 0) is 0 Å². The fourth-order valence-electron chi connectivity index (χ4n) is 4.99. The maximum atomic E-state index is 6.60. The standard InChI is InChI=1S/C31H21NOS/c1-20-9-5-7-13-26(20)32(21-10-3-2-4-11-21)22-15-16-23-24-17-18-29-30(31(24)33-27(23)19-22)25-12-6-8-14-28(25)34-29/h2-19H,1H3. The second-order valence-electron chi connectivity index (χ2n) is 8.65. The number of aryl methyl sites for hydroxylation is 1. The molecular formula is C31H21NOS. The second-order valence-corrected chi connectivity index (χ2v) is 9.74. The number of nitrogens with zero attached hydrogens (tertiary/aromatic N) is 1. The quantitative estimate of drug-likeness (QED) is 0.264. The van der Waals surface area contributed by atoms with Gasteiger partial charge in [-0.3, -0.25) is 0 Å². The minimum atomic E-state index is 0.907. The van der Waals surface area contributed by atoms with Crippen LogP contribution >= 0.6 is 11.3 Å². The first-order valence-electron chi connectivity index (χ1n) is 11.5. The van der Waals surface area contributed by atoms with E-state index < -0.39 is 0 Å². The van der Waals surface area contributed by atoms with Gasteiger partial charge in [-0.15, -0.1) is 11.3 Å². The van der Waals surface area contributed by atoms with E-state index in [9.17, 15) is 0 Å². The maximum absolute atomic E-state index is 6.60. The molecule has 0 radical (unpaired) electrons. The van der Waals surface area contributed by atoms with Crippen molar-refractivity contribution in [3.63, 3.8) is 0 Å². The molecule has 7 rings (SSSR count). The molecule has 2 nitrogen and oxygen atoms in total. The topological polar surface area (TPSA) is 16.4 Å². The Morgan fingerprint density at radius 2 is 1.38 bits per heavy atom. The molecule has 162 valence electrons. The van der Waals surface area contributed by atoms with Crippen LogP contribution in [0.5, 0.6) is 0 Å². The average molecular weight is 456 g/mol. The summed E-state index contributed by atoms with van der Waals surface area (Å²) >= 11 is 1.82. The highest BCUT2D eigenvalue weighted by molar-refractivity contribution is 7.26. The molecule has 0 aliphatic rings. The van der Waals surface area contributed by atoms with Crippen molar-refractivity contribution >= 4 is 70.5 Å². The normalized spacial score (nSPS) is 11.7. The first-order valence-corrected chi connectivity index (χ1v) is 12.3. The molecule has 0 amide bonds. The molecule has 0 N–H and O–H groups in total. The second kappa shape index (κ2) is 7.47. The minimum Gasteiger partial charge on any atom is -0.455 e. The van der Waals surface area contributed by atoms with Crippen LogP contribution in [0.3, 0.4) is 0 Å². The number of hydrogen-bond acceptors (Lipinski definition) is 3. The Labute approximate surface area is 201 Å². The van der Waals surface area contributed by atoms with E-state index in [-0.39, 0.29) is 0 Å². The zero-order valence-electron chi connectivity index (χ0n) is 18.7. The molecule has 0 bridgehead atoms. The molecule has 3 heteroatoms. The number of fused-ring (bicyclic) bond motifs is 7. The van der Waals surface area contributed by atoms with E-state index in [1.54, 1.807) is 0 Å². The van der Waals surface area contributed by atoms with Gasteiger partial charge >= 0.3 is 0 Å². The van der Waals surface area contributed by atoms with Crippen LogP contribution in [0.25, 0.3) is 42.1 Å². The summed E-state index contributed by atoms with van der Waals surface area (Å²) in [5.41, 5.74) is 6.48. The van der Waals surface area contributed by atoms with Crippen molar-refractivity contribution in [2.24, 2.45) is 0 Å². The lowest BCUT2D eigenvalue weighted by Crippen LogP contribution is -2.10. The lowest BCUT2D eigenvalue weighted by atomic mass is 10.1. The summed E-state index contributed by atoms with van der Waals surface area (Å²) in [7, 11) is 0. The summed E-state index contributed by atoms with van der Waals surface area (Å²) in [6, 6.07) is 38.6. The molecule has 34 heavy (non-hydrogen) atoms.